The summed E-state index contributed by atoms with van der Waals surface area (Å²) in [4.78, 5) is 0. The van der Waals surface area contributed by atoms with Crippen LogP contribution in [0.15, 0.2) is 85.4 Å². The molecule has 0 amide bonds. The van der Waals surface area contributed by atoms with Crippen LogP contribution in [0, 0.1) is 11.8 Å². The van der Waals surface area contributed by atoms with Crippen molar-refractivity contribution in [1.82, 2.24) is 4.57 Å². The summed E-state index contributed by atoms with van der Waals surface area (Å²) in [7, 11) is 0. The topological polar surface area (TPSA) is 4.93 Å². The van der Waals surface area contributed by atoms with Gasteiger partial charge in [-0.3, -0.25) is 0 Å². The molecule has 0 saturated carbocycles. The molecule has 126 valence electrons. The molecule has 0 fully saturated rings. The number of aryl methyl sites for hydroxylation is 1. The highest BCUT2D eigenvalue weighted by Gasteiger charge is 2.08. The van der Waals surface area contributed by atoms with E-state index in [0.717, 1.165) is 30.5 Å². The smallest absolute Gasteiger partial charge is 0.0491 e. The number of nitrogens with zero attached hydrogens (tertiary/aromatic N) is 1. The molecule has 1 heteroatoms. The van der Waals surface area contributed by atoms with E-state index in [4.69, 9.17) is 0 Å². The van der Waals surface area contributed by atoms with Crippen molar-refractivity contribution in [2.45, 2.75) is 19.4 Å². The first-order valence-electron chi connectivity index (χ1n) is 9.04. The summed E-state index contributed by atoms with van der Waals surface area (Å²) < 4.78 is 2.42. The minimum atomic E-state index is 0.868. The number of aromatic nitrogens is 1. The average Bonchev–Trinajstić information content (AvgIpc) is 3.02. The van der Waals surface area contributed by atoms with Crippen molar-refractivity contribution in [3.63, 3.8) is 0 Å². The molecule has 0 radical (unpaired) electrons. The highest BCUT2D eigenvalue weighted by molar-refractivity contribution is 6.07. The summed E-state index contributed by atoms with van der Waals surface area (Å²) in [6.07, 6.45) is 1.89. The molecule has 0 atom stereocenters. The van der Waals surface area contributed by atoms with Crippen LogP contribution in [0.25, 0.3) is 27.4 Å². The van der Waals surface area contributed by atoms with Crippen LogP contribution in [0.3, 0.4) is 0 Å². The molecule has 0 aliphatic heterocycles. The van der Waals surface area contributed by atoms with E-state index in [1.165, 1.54) is 21.8 Å². The Morgan fingerprint density at radius 3 is 2.00 bits per heavy atom. The van der Waals surface area contributed by atoms with E-state index < -0.39 is 0 Å². The van der Waals surface area contributed by atoms with Gasteiger partial charge in [0, 0.05) is 40.3 Å². The van der Waals surface area contributed by atoms with Gasteiger partial charge in [-0.2, -0.15) is 0 Å². The summed E-state index contributed by atoms with van der Waals surface area (Å²) in [5.74, 6) is 6.48. The number of benzene rings is 3. The summed E-state index contributed by atoms with van der Waals surface area (Å²) in [5.41, 5.74) is 4.59. The molecule has 26 heavy (non-hydrogen) atoms. The molecule has 4 aromatic rings. The van der Waals surface area contributed by atoms with Gasteiger partial charge < -0.3 is 4.57 Å². The first-order chi connectivity index (χ1) is 12.8. The van der Waals surface area contributed by atoms with Gasteiger partial charge in [-0.1, -0.05) is 85.1 Å². The summed E-state index contributed by atoms with van der Waals surface area (Å²) in [6.45, 7) is 5.05. The van der Waals surface area contributed by atoms with Crippen LogP contribution in [0.4, 0.5) is 0 Å². The molecule has 0 spiro atoms. The third-order valence-electron chi connectivity index (χ3n) is 4.72. The van der Waals surface area contributed by atoms with Gasteiger partial charge in [-0.25, -0.2) is 0 Å². The van der Waals surface area contributed by atoms with Crippen LogP contribution in [0.5, 0.6) is 0 Å². The van der Waals surface area contributed by atoms with E-state index in [-0.39, 0.29) is 0 Å². The fourth-order valence-corrected chi connectivity index (χ4v) is 3.45. The van der Waals surface area contributed by atoms with Gasteiger partial charge in [0.2, 0.25) is 0 Å². The molecule has 0 aliphatic rings. The van der Waals surface area contributed by atoms with Gasteiger partial charge in [0.25, 0.3) is 0 Å². The SMILES string of the molecule is C=C(C#CCCCn1c2ccccc2c2ccccc21)c1ccccc1. The number of fused-ring (bicyclic) bond motifs is 3. The molecule has 0 N–H and O–H groups in total. The van der Waals surface area contributed by atoms with Crippen molar-refractivity contribution >= 4 is 27.4 Å². The fourth-order valence-electron chi connectivity index (χ4n) is 3.45. The Hall–Kier alpha value is -3.24. The Kier molecular flexibility index (Phi) is 4.58. The predicted octanol–water partition coefficient (Wildman–Crippen LogP) is 6.29. The van der Waals surface area contributed by atoms with Crippen molar-refractivity contribution in [3.8, 4) is 11.8 Å². The second-order valence-corrected chi connectivity index (χ2v) is 6.44. The third kappa shape index (κ3) is 3.15. The Bertz CT molecular complexity index is 1070. The summed E-state index contributed by atoms with van der Waals surface area (Å²) in [5, 5.41) is 2.65. The van der Waals surface area contributed by atoms with Crippen LogP contribution < -0.4 is 0 Å². The van der Waals surface area contributed by atoms with E-state index in [1.807, 2.05) is 18.2 Å². The normalized spacial score (nSPS) is 10.6. The van der Waals surface area contributed by atoms with E-state index in [2.05, 4.69) is 83.7 Å². The molecule has 0 aliphatic carbocycles. The molecule has 0 bridgehead atoms. The first kappa shape index (κ1) is 16.2. The second kappa shape index (κ2) is 7.33. The summed E-state index contributed by atoms with van der Waals surface area (Å²) >= 11 is 0. The standard InChI is InChI=1S/C25H21N/c1-20(21-13-5-2-6-14-21)12-4-3-11-19-26-24-17-9-7-15-22(24)23-16-8-10-18-25(23)26/h2,5-10,13-18H,1,3,11,19H2. The molecule has 0 unspecified atom stereocenters. The molecule has 0 saturated heterocycles. The van der Waals surface area contributed by atoms with Gasteiger partial charge in [0.15, 0.2) is 0 Å². The van der Waals surface area contributed by atoms with Crippen molar-refractivity contribution in [1.29, 1.82) is 0 Å². The zero-order valence-corrected chi connectivity index (χ0v) is 14.8. The molecule has 1 heterocycles. The number of unbranched alkanes of at least 4 members (excludes halogenated alkanes) is 1. The quantitative estimate of drug-likeness (QED) is 0.305. The van der Waals surface area contributed by atoms with Gasteiger partial charge in [-0.15, -0.1) is 0 Å². The van der Waals surface area contributed by atoms with Crippen LogP contribution in [0.1, 0.15) is 18.4 Å². The van der Waals surface area contributed by atoms with E-state index in [1.54, 1.807) is 0 Å². The minimum Gasteiger partial charge on any atom is -0.340 e. The van der Waals surface area contributed by atoms with Gasteiger partial charge in [0.1, 0.15) is 0 Å². The number of para-hydroxylation sites is 2. The Morgan fingerprint density at radius 1 is 0.769 bits per heavy atom. The number of rotatable bonds is 4. The monoisotopic (exact) mass is 335 g/mol. The second-order valence-electron chi connectivity index (χ2n) is 6.44. The number of hydrogen-bond donors (Lipinski definition) is 0. The van der Waals surface area contributed by atoms with Crippen LogP contribution in [0.2, 0.25) is 0 Å². The molecule has 3 aromatic carbocycles. The van der Waals surface area contributed by atoms with E-state index in [0.29, 0.717) is 0 Å². The highest BCUT2D eigenvalue weighted by Crippen LogP contribution is 2.28. The van der Waals surface area contributed by atoms with Crippen molar-refractivity contribution in [2.24, 2.45) is 0 Å². The Balaban J connectivity index is 1.49. The third-order valence-corrected chi connectivity index (χ3v) is 4.72. The van der Waals surface area contributed by atoms with Crippen LogP contribution in [-0.4, -0.2) is 4.57 Å². The Labute approximate surface area is 154 Å². The van der Waals surface area contributed by atoms with Crippen molar-refractivity contribution in [3.05, 3.63) is 91.0 Å². The first-order valence-corrected chi connectivity index (χ1v) is 9.04. The molecule has 1 aromatic heterocycles. The lowest BCUT2D eigenvalue weighted by molar-refractivity contribution is 0.694. The van der Waals surface area contributed by atoms with Gasteiger partial charge in [0.05, 0.1) is 0 Å². The zero-order chi connectivity index (χ0) is 17.8. The number of allylic oxidation sites excluding steroid dienone is 1. The van der Waals surface area contributed by atoms with Crippen molar-refractivity contribution in [2.75, 3.05) is 0 Å². The van der Waals surface area contributed by atoms with E-state index >= 15 is 0 Å². The lowest BCUT2D eigenvalue weighted by atomic mass is 10.1. The van der Waals surface area contributed by atoms with Gasteiger partial charge >= 0.3 is 0 Å². The predicted molar refractivity (Wildman–Crippen MR) is 112 cm³/mol. The largest absolute Gasteiger partial charge is 0.340 e. The maximum atomic E-state index is 4.08. The maximum absolute atomic E-state index is 4.08. The zero-order valence-electron chi connectivity index (χ0n) is 14.8. The fraction of sp³-hybridized carbons (Fsp3) is 0.120. The minimum absolute atomic E-state index is 0.868. The molecule has 1 nitrogen and oxygen atoms in total. The van der Waals surface area contributed by atoms with Crippen molar-refractivity contribution < 1.29 is 0 Å². The maximum Gasteiger partial charge on any atom is 0.0491 e. The number of hydrogen-bond acceptors (Lipinski definition) is 0. The van der Waals surface area contributed by atoms with Gasteiger partial charge in [-0.05, 0) is 24.1 Å². The molecular weight excluding hydrogens is 314 g/mol. The lowest BCUT2D eigenvalue weighted by Crippen LogP contribution is -1.97. The molecular formula is C25H21N. The van der Waals surface area contributed by atoms with Crippen LogP contribution in [-0.2, 0) is 6.54 Å². The highest BCUT2D eigenvalue weighted by atomic mass is 15.0. The average molecular weight is 335 g/mol. The Morgan fingerprint density at radius 2 is 1.35 bits per heavy atom. The van der Waals surface area contributed by atoms with Crippen LogP contribution >= 0.6 is 0 Å². The molecule has 4 rings (SSSR count). The van der Waals surface area contributed by atoms with E-state index in [9.17, 15) is 0 Å². The summed E-state index contributed by atoms with van der Waals surface area (Å²) in [6, 6.07) is 27.4. The lowest BCUT2D eigenvalue weighted by Gasteiger charge is -2.05.